The minimum Gasteiger partial charge on any atom is -0.306 e. The summed E-state index contributed by atoms with van der Waals surface area (Å²) in [5.74, 6) is 0.321. The van der Waals surface area contributed by atoms with Crippen LogP contribution in [0.25, 0.3) is 0 Å². The quantitative estimate of drug-likeness (QED) is 0.464. The zero-order chi connectivity index (χ0) is 35.1. The van der Waals surface area contributed by atoms with Gasteiger partial charge in [0.25, 0.3) is 0 Å². The lowest BCUT2D eigenvalue weighted by molar-refractivity contribution is -0.121. The Bertz CT molecular complexity index is 2500. The molecule has 2 rings (SSSR count). The molecule has 0 bridgehead atoms. The number of hydrogen-bond donors (Lipinski definition) is 1. The van der Waals surface area contributed by atoms with Crippen molar-refractivity contribution in [2.24, 2.45) is 0 Å². The standard InChI is InChI=1S/C12H19N3O3S.S29/c1-9-5-11(16)6-12(14-9)10-7-13-15(8-10)3-4-19(2,17)18;1-3-5-7-9-11-13-15-17-19-21-23-25-27-29-28-26-24-22-20-18-16-14-12-10-8-6-4-2/h7-9,12,14H,3-6H2,1-2H3;. The van der Waals surface area contributed by atoms with Crippen molar-refractivity contribution in [1.29, 1.82) is 0 Å². The molecule has 2 atom stereocenters. The summed E-state index contributed by atoms with van der Waals surface area (Å²) in [4.78, 5) is 11.6. The van der Waals surface area contributed by atoms with E-state index in [0.29, 0.717) is 19.4 Å². The van der Waals surface area contributed by atoms with Gasteiger partial charge in [-0.25, -0.2) is 8.42 Å². The average molecular weight is 1220 g/mol. The number of nitrogens with one attached hydrogen (secondary N) is 1. The van der Waals surface area contributed by atoms with Crippen molar-refractivity contribution >= 4 is 278 Å². The van der Waals surface area contributed by atoms with Crippen LogP contribution in [0.5, 0.6) is 0 Å². The van der Waals surface area contributed by atoms with Crippen LogP contribution in [-0.2, 0) is 283 Å². The molecular formula is C12H19N3O3S30. The molecule has 2 unspecified atom stereocenters. The topological polar surface area (TPSA) is 81.1 Å². The molecule has 36 heteroatoms. The van der Waals surface area contributed by atoms with Crippen molar-refractivity contribution in [3.05, 3.63) is 18.0 Å². The van der Waals surface area contributed by atoms with Gasteiger partial charge in [0.05, 0.1) is 18.5 Å². The van der Waals surface area contributed by atoms with Crippen LogP contribution in [0.1, 0.15) is 31.4 Å². The molecule has 0 radical (unpaired) electrons. The van der Waals surface area contributed by atoms with Crippen molar-refractivity contribution in [3.63, 3.8) is 0 Å². The molecule has 1 fully saturated rings. The van der Waals surface area contributed by atoms with E-state index in [9.17, 15) is 13.2 Å². The first-order valence-corrected chi connectivity index (χ1v) is 50.4. The second kappa shape index (κ2) is 36.5. The number of ketones is 1. The highest BCUT2D eigenvalue weighted by Crippen LogP contribution is 2.23. The Balaban J connectivity index is 0.000000519. The highest BCUT2D eigenvalue weighted by Gasteiger charge is 2.25. The van der Waals surface area contributed by atoms with Crippen LogP contribution in [0.15, 0.2) is 12.4 Å². The van der Waals surface area contributed by atoms with Gasteiger partial charge in [0.1, 0.15) is 15.6 Å². The summed E-state index contributed by atoms with van der Waals surface area (Å²) in [5, 5.41) is 7.50. The molecule has 1 N–H and O–H groups in total. The maximum atomic E-state index is 11.6. The first-order valence-electron chi connectivity index (χ1n) is 11.0. The van der Waals surface area contributed by atoms with Gasteiger partial charge in [-0.1, -0.05) is 0 Å². The summed E-state index contributed by atoms with van der Waals surface area (Å²) in [6.45, 7) is 2.33. The summed E-state index contributed by atoms with van der Waals surface area (Å²) in [6.07, 6.45) is 5.76. The highest BCUT2D eigenvalue weighted by atomic mass is 33.5. The Morgan fingerprint density at radius 3 is 1.35 bits per heavy atom. The van der Waals surface area contributed by atoms with Crippen molar-refractivity contribution in [3.8, 4) is 0 Å². The largest absolute Gasteiger partial charge is 0.306 e. The molecule has 6 nitrogen and oxygen atoms in total. The minimum absolute atomic E-state index is 0.0109. The van der Waals surface area contributed by atoms with Gasteiger partial charge in [0.15, 0.2) is 0 Å². The lowest BCUT2D eigenvalue weighted by Gasteiger charge is -2.27. The molecule has 0 aromatic carbocycles. The molecule has 1 aliphatic rings. The predicted octanol–water partition coefficient (Wildman–Crippen LogP) is 0.240. The van der Waals surface area contributed by atoms with E-state index >= 15 is 0 Å². The molecule has 1 saturated heterocycles. The van der Waals surface area contributed by atoms with E-state index in [-0.39, 0.29) is 23.6 Å². The lowest BCUT2D eigenvalue weighted by Crippen LogP contribution is -2.38. The Kier molecular flexibility index (Phi) is 38.9. The van der Waals surface area contributed by atoms with Crippen LogP contribution in [-0.4, -0.2) is 42.0 Å². The maximum Gasteiger partial charge on any atom is 0.149 e. The fourth-order valence-electron chi connectivity index (χ4n) is 2.55. The van der Waals surface area contributed by atoms with Crippen molar-refractivity contribution in [2.45, 2.75) is 38.4 Å². The monoisotopic (exact) mass is 1210 g/mol. The van der Waals surface area contributed by atoms with E-state index in [4.69, 9.17) is 22.4 Å². The second-order valence-electron chi connectivity index (χ2n) is 7.07. The third kappa shape index (κ3) is 33.3. The molecule has 1 aromatic heterocycles. The summed E-state index contributed by atoms with van der Waals surface area (Å²) in [5.41, 5.74) is 0.938. The number of sulfone groups is 1. The molecule has 0 amide bonds. The van der Waals surface area contributed by atoms with Gasteiger partial charge in [0, 0.05) is 305 Å². The Morgan fingerprint density at radius 2 is 1.04 bits per heavy atom. The molecule has 48 heavy (non-hydrogen) atoms. The zero-order valence-electron chi connectivity index (χ0n) is 23.0. The van der Waals surface area contributed by atoms with Gasteiger partial charge >= 0.3 is 0 Å². The third-order valence-electron chi connectivity index (χ3n) is 3.92. The van der Waals surface area contributed by atoms with Crippen molar-refractivity contribution < 1.29 is 13.2 Å². The van der Waals surface area contributed by atoms with Crippen LogP contribution in [0.3, 0.4) is 0 Å². The Labute approximate surface area is 366 Å². The van der Waals surface area contributed by atoms with Gasteiger partial charge in [0.2, 0.25) is 0 Å². The first kappa shape index (κ1) is 51.2. The van der Waals surface area contributed by atoms with Crippen molar-refractivity contribution in [1.82, 2.24) is 15.1 Å². The predicted molar refractivity (Wildman–Crippen MR) is 285 cm³/mol. The molecule has 1 aliphatic heterocycles. The fraction of sp³-hybridized carbons (Fsp3) is 0.667. The molecule has 0 spiro atoms. The normalized spacial score (nSPS) is 14.3. The van der Waals surface area contributed by atoms with Gasteiger partial charge < -0.3 is 5.32 Å². The van der Waals surface area contributed by atoms with E-state index in [1.54, 1.807) is 135 Å². The molecule has 280 valence electrons. The van der Waals surface area contributed by atoms with Crippen LogP contribution < -0.4 is 5.32 Å². The van der Waals surface area contributed by atoms with E-state index in [0.717, 1.165) is 5.56 Å². The molecule has 0 aliphatic carbocycles. The van der Waals surface area contributed by atoms with Gasteiger partial charge in [-0.05, 0) is 6.92 Å². The number of carbonyl (C=O) groups is 1. The zero-order valence-corrected chi connectivity index (χ0v) is 47.5. The molecular weight excluding hydrogens is 1200 g/mol. The summed E-state index contributed by atoms with van der Waals surface area (Å²) in [6, 6.07) is 0.161. The minimum atomic E-state index is -2.99. The summed E-state index contributed by atoms with van der Waals surface area (Å²) >= 11 is 9.57. The first-order chi connectivity index (χ1) is 23.2. The number of rotatable bonds is 4. The summed E-state index contributed by atoms with van der Waals surface area (Å²) < 4.78 is 23.8. The van der Waals surface area contributed by atoms with E-state index in [1.807, 2.05) is 111 Å². The van der Waals surface area contributed by atoms with E-state index < -0.39 is 9.84 Å². The van der Waals surface area contributed by atoms with Crippen LogP contribution in [0.4, 0.5) is 0 Å². The van der Waals surface area contributed by atoms with Gasteiger partial charge in [-0.15, -0.1) is 0 Å². The van der Waals surface area contributed by atoms with E-state index in [1.165, 1.54) is 24.0 Å². The number of aryl methyl sites for hydroxylation is 1. The maximum absolute atomic E-state index is 11.6. The fourth-order valence-corrected chi connectivity index (χ4v) is 71.7. The number of Topliss-reactive ketones (excluding diaryl/α,β-unsaturated/α-hetero) is 1. The number of hydrogen-bond acceptors (Lipinski definition) is 7. The number of nitrogens with zero attached hydrogens (tertiary/aromatic N) is 2. The molecule has 0 saturated carbocycles. The summed E-state index contributed by atoms with van der Waals surface area (Å²) in [7, 11) is 44.3. The Morgan fingerprint density at radius 1 is 0.688 bits per heavy atom. The van der Waals surface area contributed by atoms with Crippen LogP contribution >= 0.6 is 0 Å². The lowest BCUT2D eigenvalue weighted by atomic mass is 9.95. The molecule has 1 aromatic rings. The highest BCUT2D eigenvalue weighted by molar-refractivity contribution is 8.79. The number of piperidine rings is 1. The Hall–Kier alpha value is 5.17. The van der Waals surface area contributed by atoms with Gasteiger partial charge in [-0.3, -0.25) is 9.48 Å². The van der Waals surface area contributed by atoms with Crippen LogP contribution in [0, 0.1) is 0 Å². The van der Waals surface area contributed by atoms with Gasteiger partial charge in [-0.2, -0.15) is 5.10 Å². The van der Waals surface area contributed by atoms with Crippen molar-refractivity contribution in [2.75, 3.05) is 12.0 Å². The SMILES string of the molecule is CC1CC(=O)CC(c2cnn(CCS(C)(=O)=O)c2)N1.S=S=S=S=S=S=S=S=S=S=S=S=S=S=S=S=S=S=S=S=S=S=S=S=S=S=S=S=S. The average Bonchev–Trinajstić information content (AvgIpc) is 3.53. The molecule has 2 heterocycles. The number of aromatic nitrogens is 2. The third-order valence-corrected chi connectivity index (χ3v) is 62.6. The van der Waals surface area contributed by atoms with E-state index in [2.05, 4.69) is 10.4 Å². The smallest absolute Gasteiger partial charge is 0.149 e. The van der Waals surface area contributed by atoms with Crippen LogP contribution in [0.2, 0.25) is 0 Å². The number of carbonyl (C=O) groups excluding carboxylic acids is 1. The second-order valence-corrected chi connectivity index (χ2v) is 57.1.